The first-order chi connectivity index (χ1) is 6.68. The first kappa shape index (κ1) is 8.94. The van der Waals surface area contributed by atoms with Gasteiger partial charge in [-0.25, -0.2) is 8.78 Å². The first-order valence-electron chi connectivity index (χ1n) is 4.25. The largest absolute Gasteiger partial charge is 0.350 e. The highest BCUT2D eigenvalue weighted by Gasteiger charge is 2.08. The molecule has 0 saturated heterocycles. The van der Waals surface area contributed by atoms with Crippen LogP contribution < -0.4 is 0 Å². The molecule has 0 unspecified atom stereocenters. The molecule has 0 amide bonds. The van der Waals surface area contributed by atoms with Gasteiger partial charge >= 0.3 is 0 Å². The van der Waals surface area contributed by atoms with Crippen molar-refractivity contribution in [2.24, 2.45) is 7.05 Å². The molecule has 0 radical (unpaired) electrons. The Morgan fingerprint density at radius 2 is 1.93 bits per heavy atom. The number of benzene rings is 1. The summed E-state index contributed by atoms with van der Waals surface area (Å²) in [6.45, 7) is 0. The minimum Gasteiger partial charge on any atom is -0.350 e. The summed E-state index contributed by atoms with van der Waals surface area (Å²) in [5.74, 6) is -0.837. The number of rotatable bonds is 1. The Morgan fingerprint density at radius 3 is 2.57 bits per heavy atom. The third kappa shape index (κ3) is 1.41. The van der Waals surface area contributed by atoms with Gasteiger partial charge in [0.1, 0.15) is 11.6 Å². The molecule has 1 heterocycles. The molecule has 0 aliphatic rings. The van der Waals surface area contributed by atoms with Crippen molar-refractivity contribution in [1.29, 1.82) is 0 Å². The maximum Gasteiger partial charge on any atom is 0.132 e. The van der Waals surface area contributed by atoms with Gasteiger partial charge in [-0.3, -0.25) is 0 Å². The van der Waals surface area contributed by atoms with Gasteiger partial charge in [0.05, 0.1) is 5.69 Å². The number of hydrogen-bond donors (Lipinski definition) is 0. The molecule has 0 spiro atoms. The molecular formula is C11H9F2N. The molecular weight excluding hydrogens is 184 g/mol. The summed E-state index contributed by atoms with van der Waals surface area (Å²) in [6.07, 6.45) is 1.79. The SMILES string of the molecule is Cn1cccc1-c1cc(F)ccc1F. The first-order valence-corrected chi connectivity index (χ1v) is 4.25. The van der Waals surface area contributed by atoms with Crippen LogP contribution in [0.3, 0.4) is 0 Å². The van der Waals surface area contributed by atoms with Gasteiger partial charge < -0.3 is 4.57 Å². The molecule has 0 bridgehead atoms. The van der Waals surface area contributed by atoms with Crippen molar-refractivity contribution < 1.29 is 8.78 Å². The second-order valence-electron chi connectivity index (χ2n) is 3.13. The minimum atomic E-state index is -0.428. The molecule has 0 N–H and O–H groups in total. The van der Waals surface area contributed by atoms with Crippen LogP contribution in [-0.2, 0) is 7.05 Å². The van der Waals surface area contributed by atoms with Crippen LogP contribution in [0.4, 0.5) is 8.78 Å². The maximum absolute atomic E-state index is 13.3. The van der Waals surface area contributed by atoms with Gasteiger partial charge in [0.15, 0.2) is 0 Å². The number of nitrogens with zero attached hydrogens (tertiary/aromatic N) is 1. The summed E-state index contributed by atoms with van der Waals surface area (Å²) in [5.41, 5.74) is 0.958. The van der Waals surface area contributed by atoms with E-state index in [0.29, 0.717) is 5.69 Å². The lowest BCUT2D eigenvalue weighted by Crippen LogP contribution is -1.93. The number of aromatic nitrogens is 1. The molecule has 0 aliphatic heterocycles. The molecule has 0 aliphatic carbocycles. The zero-order chi connectivity index (χ0) is 10.1. The van der Waals surface area contributed by atoms with Crippen molar-refractivity contribution in [3.63, 3.8) is 0 Å². The predicted molar refractivity (Wildman–Crippen MR) is 50.8 cm³/mol. The molecule has 2 aromatic rings. The van der Waals surface area contributed by atoms with Gasteiger partial charge in [0.25, 0.3) is 0 Å². The molecule has 72 valence electrons. The van der Waals surface area contributed by atoms with E-state index in [2.05, 4.69) is 0 Å². The molecule has 2 rings (SSSR count). The Morgan fingerprint density at radius 1 is 1.14 bits per heavy atom. The van der Waals surface area contributed by atoms with E-state index in [0.717, 1.165) is 12.1 Å². The van der Waals surface area contributed by atoms with Crippen molar-refractivity contribution >= 4 is 0 Å². The van der Waals surface area contributed by atoms with Gasteiger partial charge in [-0.05, 0) is 30.3 Å². The van der Waals surface area contributed by atoms with E-state index >= 15 is 0 Å². The zero-order valence-corrected chi connectivity index (χ0v) is 7.67. The van der Waals surface area contributed by atoms with Crippen molar-refractivity contribution in [3.8, 4) is 11.3 Å². The van der Waals surface area contributed by atoms with Crippen LogP contribution in [0, 0.1) is 11.6 Å². The van der Waals surface area contributed by atoms with Gasteiger partial charge in [-0.1, -0.05) is 0 Å². The fourth-order valence-electron chi connectivity index (χ4n) is 1.43. The van der Waals surface area contributed by atoms with Crippen LogP contribution >= 0.6 is 0 Å². The third-order valence-electron chi connectivity index (χ3n) is 2.15. The van der Waals surface area contributed by atoms with Crippen molar-refractivity contribution in [3.05, 3.63) is 48.2 Å². The summed E-state index contributed by atoms with van der Waals surface area (Å²) in [5, 5.41) is 0. The lowest BCUT2D eigenvalue weighted by atomic mass is 10.1. The number of hydrogen-bond acceptors (Lipinski definition) is 0. The Bertz CT molecular complexity index is 460. The van der Waals surface area contributed by atoms with Crippen LogP contribution in [-0.4, -0.2) is 4.57 Å². The molecule has 0 fully saturated rings. The smallest absolute Gasteiger partial charge is 0.132 e. The standard InChI is InChI=1S/C11H9F2N/c1-14-6-2-3-11(14)9-7-8(12)4-5-10(9)13/h2-7H,1H3. The lowest BCUT2D eigenvalue weighted by molar-refractivity contribution is 0.602. The van der Waals surface area contributed by atoms with Crippen LogP contribution in [0.25, 0.3) is 11.3 Å². The maximum atomic E-state index is 13.3. The predicted octanol–water partition coefficient (Wildman–Crippen LogP) is 2.97. The third-order valence-corrected chi connectivity index (χ3v) is 2.15. The highest BCUT2D eigenvalue weighted by atomic mass is 19.1. The topological polar surface area (TPSA) is 4.93 Å². The van der Waals surface area contributed by atoms with Gasteiger partial charge in [-0.2, -0.15) is 0 Å². The van der Waals surface area contributed by atoms with Gasteiger partial charge in [-0.15, -0.1) is 0 Å². The van der Waals surface area contributed by atoms with Crippen molar-refractivity contribution in [2.45, 2.75) is 0 Å². The van der Waals surface area contributed by atoms with Crippen molar-refractivity contribution in [2.75, 3.05) is 0 Å². The summed E-state index contributed by atoms with van der Waals surface area (Å²) >= 11 is 0. The second-order valence-corrected chi connectivity index (χ2v) is 3.13. The molecule has 1 aromatic carbocycles. The normalized spacial score (nSPS) is 10.5. The van der Waals surface area contributed by atoms with E-state index in [4.69, 9.17) is 0 Å². The van der Waals surface area contributed by atoms with E-state index < -0.39 is 11.6 Å². The summed E-state index contributed by atoms with van der Waals surface area (Å²) in [4.78, 5) is 0. The minimum absolute atomic E-state index is 0.289. The number of aryl methyl sites for hydroxylation is 1. The van der Waals surface area contributed by atoms with E-state index in [9.17, 15) is 8.78 Å². The quantitative estimate of drug-likeness (QED) is 0.656. The Balaban J connectivity index is 2.62. The Labute approximate surface area is 80.6 Å². The summed E-state index contributed by atoms with van der Waals surface area (Å²) < 4.78 is 28.0. The molecule has 1 aromatic heterocycles. The lowest BCUT2D eigenvalue weighted by Gasteiger charge is -2.04. The average molecular weight is 193 g/mol. The highest BCUT2D eigenvalue weighted by Crippen LogP contribution is 2.23. The second kappa shape index (κ2) is 3.25. The number of halogens is 2. The molecule has 1 nitrogen and oxygen atoms in total. The molecule has 3 heteroatoms. The highest BCUT2D eigenvalue weighted by molar-refractivity contribution is 5.60. The van der Waals surface area contributed by atoms with E-state index in [1.807, 2.05) is 0 Å². The molecule has 0 atom stereocenters. The molecule has 14 heavy (non-hydrogen) atoms. The fourth-order valence-corrected chi connectivity index (χ4v) is 1.43. The van der Waals surface area contributed by atoms with Crippen LogP contribution in [0.1, 0.15) is 0 Å². The van der Waals surface area contributed by atoms with E-state index in [1.54, 1.807) is 29.9 Å². The van der Waals surface area contributed by atoms with Gasteiger partial charge in [0.2, 0.25) is 0 Å². The Kier molecular flexibility index (Phi) is 2.08. The van der Waals surface area contributed by atoms with Crippen LogP contribution in [0.5, 0.6) is 0 Å². The summed E-state index contributed by atoms with van der Waals surface area (Å²) in [7, 11) is 1.79. The summed E-state index contributed by atoms with van der Waals surface area (Å²) in [6, 6.07) is 6.99. The van der Waals surface area contributed by atoms with Crippen LogP contribution in [0.15, 0.2) is 36.5 Å². The average Bonchev–Trinajstić information content (AvgIpc) is 2.56. The van der Waals surface area contributed by atoms with Crippen LogP contribution in [0.2, 0.25) is 0 Å². The fraction of sp³-hybridized carbons (Fsp3) is 0.0909. The zero-order valence-electron chi connectivity index (χ0n) is 7.67. The van der Waals surface area contributed by atoms with E-state index in [-0.39, 0.29) is 5.56 Å². The van der Waals surface area contributed by atoms with Gasteiger partial charge in [0, 0.05) is 18.8 Å². The monoisotopic (exact) mass is 193 g/mol. The van der Waals surface area contributed by atoms with Crippen molar-refractivity contribution in [1.82, 2.24) is 4.57 Å². The Hall–Kier alpha value is -1.64. The molecule has 0 saturated carbocycles. The van der Waals surface area contributed by atoms with E-state index in [1.165, 1.54) is 6.07 Å².